The first-order chi connectivity index (χ1) is 9.65. The number of hydrogen-bond acceptors (Lipinski definition) is 4. The molecule has 4 nitrogen and oxygen atoms in total. The van der Waals surface area contributed by atoms with Crippen LogP contribution in [-0.2, 0) is 6.42 Å². The molecule has 1 unspecified atom stereocenters. The number of benzene rings is 1. The second-order valence-corrected chi connectivity index (χ2v) is 5.05. The van der Waals surface area contributed by atoms with Crippen molar-refractivity contribution < 1.29 is 14.2 Å². The molecule has 0 aromatic heterocycles. The van der Waals surface area contributed by atoms with E-state index in [9.17, 15) is 0 Å². The van der Waals surface area contributed by atoms with Crippen molar-refractivity contribution in [1.29, 1.82) is 0 Å². The quantitative estimate of drug-likeness (QED) is 0.755. The van der Waals surface area contributed by atoms with E-state index in [2.05, 4.69) is 12.2 Å². The third kappa shape index (κ3) is 4.60. The summed E-state index contributed by atoms with van der Waals surface area (Å²) in [6.45, 7) is 3.33. The molecular formula is C16H27NO3. The minimum absolute atomic E-state index is 0.666. The summed E-state index contributed by atoms with van der Waals surface area (Å²) >= 11 is 0. The molecule has 114 valence electrons. The Bertz CT molecular complexity index is 382. The number of rotatable bonds is 9. The number of methoxy groups -OCH3 is 3. The molecule has 1 atom stereocenters. The van der Waals surface area contributed by atoms with E-state index in [0.29, 0.717) is 5.92 Å². The Hall–Kier alpha value is -1.42. The fourth-order valence-corrected chi connectivity index (χ4v) is 2.25. The largest absolute Gasteiger partial charge is 0.496 e. The Balaban J connectivity index is 2.81. The molecule has 0 bridgehead atoms. The first-order valence-corrected chi connectivity index (χ1v) is 7.09. The molecule has 4 heteroatoms. The van der Waals surface area contributed by atoms with Gasteiger partial charge in [0.1, 0.15) is 17.2 Å². The molecule has 1 aromatic carbocycles. The van der Waals surface area contributed by atoms with Gasteiger partial charge in [-0.3, -0.25) is 0 Å². The van der Waals surface area contributed by atoms with E-state index in [1.165, 1.54) is 6.42 Å². The maximum Gasteiger partial charge on any atom is 0.129 e. The molecule has 0 aliphatic heterocycles. The van der Waals surface area contributed by atoms with E-state index in [4.69, 9.17) is 14.2 Å². The van der Waals surface area contributed by atoms with Gasteiger partial charge >= 0.3 is 0 Å². The van der Waals surface area contributed by atoms with Crippen molar-refractivity contribution in [1.82, 2.24) is 5.32 Å². The lowest BCUT2D eigenvalue weighted by Gasteiger charge is -2.17. The van der Waals surface area contributed by atoms with Crippen molar-refractivity contribution in [3.05, 3.63) is 17.7 Å². The zero-order valence-electron chi connectivity index (χ0n) is 13.3. The van der Waals surface area contributed by atoms with Gasteiger partial charge in [0.15, 0.2) is 0 Å². The SMILES string of the molecule is CNCCC(C)CCc1c(OC)cc(OC)cc1OC. The van der Waals surface area contributed by atoms with Gasteiger partial charge in [-0.2, -0.15) is 0 Å². The maximum absolute atomic E-state index is 5.47. The zero-order valence-corrected chi connectivity index (χ0v) is 13.3. The predicted molar refractivity (Wildman–Crippen MR) is 82.1 cm³/mol. The summed E-state index contributed by atoms with van der Waals surface area (Å²) < 4.78 is 16.2. The topological polar surface area (TPSA) is 39.7 Å². The van der Waals surface area contributed by atoms with Gasteiger partial charge in [-0.25, -0.2) is 0 Å². The molecule has 1 rings (SSSR count). The summed E-state index contributed by atoms with van der Waals surface area (Å²) in [6, 6.07) is 3.83. The van der Waals surface area contributed by atoms with Gasteiger partial charge in [-0.1, -0.05) is 6.92 Å². The van der Waals surface area contributed by atoms with Crippen molar-refractivity contribution in [2.75, 3.05) is 34.9 Å². The van der Waals surface area contributed by atoms with Crippen molar-refractivity contribution in [2.24, 2.45) is 5.92 Å². The summed E-state index contributed by atoms with van der Waals surface area (Å²) in [5, 5.41) is 3.19. The highest BCUT2D eigenvalue weighted by molar-refractivity contribution is 5.50. The van der Waals surface area contributed by atoms with Gasteiger partial charge in [0.05, 0.1) is 21.3 Å². The van der Waals surface area contributed by atoms with Crippen LogP contribution in [-0.4, -0.2) is 34.9 Å². The van der Waals surface area contributed by atoms with Crippen LogP contribution in [0.4, 0.5) is 0 Å². The summed E-state index contributed by atoms with van der Waals surface area (Å²) in [5.41, 5.74) is 1.12. The third-order valence-electron chi connectivity index (χ3n) is 3.59. The molecule has 0 aliphatic rings. The molecule has 20 heavy (non-hydrogen) atoms. The highest BCUT2D eigenvalue weighted by Crippen LogP contribution is 2.35. The Morgan fingerprint density at radius 2 is 1.60 bits per heavy atom. The minimum atomic E-state index is 0.666. The average Bonchev–Trinajstić information content (AvgIpc) is 2.49. The summed E-state index contributed by atoms with van der Waals surface area (Å²) in [7, 11) is 7.00. The fraction of sp³-hybridized carbons (Fsp3) is 0.625. The van der Waals surface area contributed by atoms with Gasteiger partial charge in [-0.05, 0) is 38.8 Å². The Kier molecular flexibility index (Phi) is 7.23. The van der Waals surface area contributed by atoms with Crippen LogP contribution in [0.3, 0.4) is 0 Å². The summed E-state index contributed by atoms with van der Waals surface area (Å²) in [5.74, 6) is 3.09. The first kappa shape index (κ1) is 16.6. The molecule has 0 radical (unpaired) electrons. The van der Waals surface area contributed by atoms with Gasteiger partial charge in [0, 0.05) is 17.7 Å². The second-order valence-electron chi connectivity index (χ2n) is 5.05. The number of hydrogen-bond donors (Lipinski definition) is 1. The molecule has 0 fully saturated rings. The Morgan fingerprint density at radius 3 is 2.05 bits per heavy atom. The van der Waals surface area contributed by atoms with Crippen molar-refractivity contribution >= 4 is 0 Å². The van der Waals surface area contributed by atoms with Crippen LogP contribution in [0, 0.1) is 5.92 Å². The van der Waals surface area contributed by atoms with Crippen LogP contribution in [0.15, 0.2) is 12.1 Å². The highest BCUT2D eigenvalue weighted by atomic mass is 16.5. The van der Waals surface area contributed by atoms with E-state index in [-0.39, 0.29) is 0 Å². The summed E-state index contributed by atoms with van der Waals surface area (Å²) in [4.78, 5) is 0. The maximum atomic E-state index is 5.47. The molecular weight excluding hydrogens is 254 g/mol. The molecule has 0 saturated heterocycles. The predicted octanol–water partition coefficient (Wildman–Crippen LogP) is 2.89. The molecule has 0 saturated carbocycles. The number of ether oxygens (including phenoxy) is 3. The van der Waals surface area contributed by atoms with E-state index in [0.717, 1.165) is 42.2 Å². The minimum Gasteiger partial charge on any atom is -0.496 e. The van der Waals surface area contributed by atoms with Crippen molar-refractivity contribution in [3.8, 4) is 17.2 Å². The van der Waals surface area contributed by atoms with Gasteiger partial charge in [0.25, 0.3) is 0 Å². The second kappa shape index (κ2) is 8.69. The Labute approximate surface area is 122 Å². The van der Waals surface area contributed by atoms with E-state index < -0.39 is 0 Å². The van der Waals surface area contributed by atoms with Crippen LogP contribution < -0.4 is 19.5 Å². The molecule has 0 heterocycles. The monoisotopic (exact) mass is 281 g/mol. The van der Waals surface area contributed by atoms with E-state index in [1.54, 1.807) is 21.3 Å². The van der Waals surface area contributed by atoms with Crippen LogP contribution in [0.1, 0.15) is 25.3 Å². The number of nitrogens with one attached hydrogen (secondary N) is 1. The lowest BCUT2D eigenvalue weighted by molar-refractivity contribution is 0.365. The highest BCUT2D eigenvalue weighted by Gasteiger charge is 2.14. The van der Waals surface area contributed by atoms with Crippen molar-refractivity contribution in [2.45, 2.75) is 26.2 Å². The van der Waals surface area contributed by atoms with Crippen LogP contribution in [0.5, 0.6) is 17.2 Å². The van der Waals surface area contributed by atoms with Crippen LogP contribution in [0.25, 0.3) is 0 Å². The molecule has 1 N–H and O–H groups in total. The molecule has 1 aromatic rings. The van der Waals surface area contributed by atoms with E-state index >= 15 is 0 Å². The van der Waals surface area contributed by atoms with E-state index in [1.807, 2.05) is 19.2 Å². The van der Waals surface area contributed by atoms with Crippen LogP contribution >= 0.6 is 0 Å². The standard InChI is InChI=1S/C16H27NO3/c1-12(8-9-17-2)6-7-14-15(19-4)10-13(18-3)11-16(14)20-5/h10-12,17H,6-9H2,1-5H3. The third-order valence-corrected chi connectivity index (χ3v) is 3.59. The van der Waals surface area contributed by atoms with Gasteiger partial charge < -0.3 is 19.5 Å². The lowest BCUT2D eigenvalue weighted by Crippen LogP contribution is -2.12. The normalized spacial score (nSPS) is 12.1. The van der Waals surface area contributed by atoms with Crippen molar-refractivity contribution in [3.63, 3.8) is 0 Å². The van der Waals surface area contributed by atoms with Gasteiger partial charge in [-0.15, -0.1) is 0 Å². The fourth-order valence-electron chi connectivity index (χ4n) is 2.25. The lowest BCUT2D eigenvalue weighted by atomic mass is 9.97. The zero-order chi connectivity index (χ0) is 15.0. The molecule has 0 aliphatic carbocycles. The van der Waals surface area contributed by atoms with Crippen LogP contribution in [0.2, 0.25) is 0 Å². The average molecular weight is 281 g/mol. The Morgan fingerprint density at radius 1 is 1.00 bits per heavy atom. The first-order valence-electron chi connectivity index (χ1n) is 7.09. The summed E-state index contributed by atoms with van der Waals surface area (Å²) in [6.07, 6.45) is 3.24. The molecule has 0 spiro atoms. The smallest absolute Gasteiger partial charge is 0.129 e. The molecule has 0 amide bonds. The van der Waals surface area contributed by atoms with Gasteiger partial charge in [0.2, 0.25) is 0 Å².